The van der Waals surface area contributed by atoms with Gasteiger partial charge in [-0.15, -0.1) is 0 Å². The second-order valence-corrected chi connectivity index (χ2v) is 5.40. The lowest BCUT2D eigenvalue weighted by molar-refractivity contribution is -0.134. The lowest BCUT2D eigenvalue weighted by Gasteiger charge is -2.19. The van der Waals surface area contributed by atoms with Gasteiger partial charge in [-0.1, -0.05) is 0 Å². The number of imide groups is 1. The van der Waals surface area contributed by atoms with Crippen LogP contribution in [-0.2, 0) is 9.59 Å². The van der Waals surface area contributed by atoms with Crippen LogP contribution in [0.1, 0.15) is 30.0 Å². The van der Waals surface area contributed by atoms with Crippen molar-refractivity contribution in [2.24, 2.45) is 0 Å². The molecule has 1 saturated heterocycles. The van der Waals surface area contributed by atoms with Crippen LogP contribution in [0.4, 0.5) is 0 Å². The van der Waals surface area contributed by atoms with Crippen molar-refractivity contribution in [2.45, 2.75) is 25.7 Å². The SMILES string of the molecule is Cc1cc2o[nH]c(C3CCC(=O)NC3=O)c2c2ccnc12. The molecule has 3 heterocycles. The van der Waals surface area contributed by atoms with Crippen LogP contribution in [0.3, 0.4) is 0 Å². The fraction of sp³-hybridized carbons (Fsp3) is 0.267. The van der Waals surface area contributed by atoms with E-state index in [-0.39, 0.29) is 11.8 Å². The van der Waals surface area contributed by atoms with Gasteiger partial charge < -0.3 is 4.52 Å². The summed E-state index contributed by atoms with van der Waals surface area (Å²) in [7, 11) is 0. The minimum atomic E-state index is -0.398. The van der Waals surface area contributed by atoms with Crippen molar-refractivity contribution >= 4 is 33.7 Å². The Hall–Kier alpha value is -2.63. The van der Waals surface area contributed by atoms with Crippen LogP contribution < -0.4 is 5.32 Å². The van der Waals surface area contributed by atoms with Crippen LogP contribution in [0.2, 0.25) is 0 Å². The topological polar surface area (TPSA) is 88.0 Å². The quantitative estimate of drug-likeness (QED) is 0.670. The molecule has 0 saturated carbocycles. The summed E-state index contributed by atoms with van der Waals surface area (Å²) in [6.07, 6.45) is 2.57. The first-order valence-electron chi connectivity index (χ1n) is 6.84. The number of rotatable bonds is 1. The number of amides is 2. The summed E-state index contributed by atoms with van der Waals surface area (Å²) in [6, 6.07) is 3.83. The molecule has 3 aromatic rings. The first-order valence-corrected chi connectivity index (χ1v) is 6.84. The van der Waals surface area contributed by atoms with E-state index in [9.17, 15) is 9.59 Å². The van der Waals surface area contributed by atoms with Gasteiger partial charge in [0.15, 0.2) is 5.58 Å². The molecule has 0 bridgehead atoms. The zero-order valence-electron chi connectivity index (χ0n) is 11.4. The fourth-order valence-corrected chi connectivity index (χ4v) is 3.05. The summed E-state index contributed by atoms with van der Waals surface area (Å²) < 4.78 is 5.52. The van der Waals surface area contributed by atoms with E-state index in [0.29, 0.717) is 24.1 Å². The number of H-pyrrole nitrogens is 1. The monoisotopic (exact) mass is 283 g/mol. The Labute approximate surface area is 119 Å². The Morgan fingerprint density at radius 3 is 3.05 bits per heavy atom. The number of benzene rings is 1. The minimum Gasteiger partial charge on any atom is -0.382 e. The molecule has 6 heteroatoms. The molecule has 6 nitrogen and oxygen atoms in total. The van der Waals surface area contributed by atoms with Gasteiger partial charge >= 0.3 is 0 Å². The van der Waals surface area contributed by atoms with E-state index in [1.165, 1.54) is 0 Å². The van der Waals surface area contributed by atoms with E-state index in [4.69, 9.17) is 4.52 Å². The van der Waals surface area contributed by atoms with Gasteiger partial charge in [0.1, 0.15) is 0 Å². The highest BCUT2D eigenvalue weighted by atomic mass is 16.5. The number of piperidine rings is 1. The molecule has 1 aromatic carbocycles. The van der Waals surface area contributed by atoms with Crippen LogP contribution in [-0.4, -0.2) is 22.0 Å². The van der Waals surface area contributed by atoms with Crippen LogP contribution in [0.15, 0.2) is 22.9 Å². The van der Waals surface area contributed by atoms with Gasteiger partial charge in [-0.25, -0.2) is 5.16 Å². The number of hydrogen-bond acceptors (Lipinski definition) is 4. The third-order valence-corrected chi connectivity index (χ3v) is 4.06. The third-order valence-electron chi connectivity index (χ3n) is 4.06. The molecule has 106 valence electrons. The van der Waals surface area contributed by atoms with Crippen molar-refractivity contribution in [1.82, 2.24) is 15.5 Å². The highest BCUT2D eigenvalue weighted by molar-refractivity contribution is 6.10. The van der Waals surface area contributed by atoms with Crippen molar-refractivity contribution < 1.29 is 14.1 Å². The van der Waals surface area contributed by atoms with Crippen molar-refractivity contribution in [3.05, 3.63) is 29.6 Å². The van der Waals surface area contributed by atoms with E-state index in [1.807, 2.05) is 19.1 Å². The van der Waals surface area contributed by atoms with Crippen LogP contribution in [0.5, 0.6) is 0 Å². The second-order valence-electron chi connectivity index (χ2n) is 5.40. The molecule has 1 aliphatic rings. The second kappa shape index (κ2) is 4.18. The summed E-state index contributed by atoms with van der Waals surface area (Å²) in [4.78, 5) is 27.7. The number of nitrogens with one attached hydrogen (secondary N) is 2. The third kappa shape index (κ3) is 1.68. The Balaban J connectivity index is 1.96. The van der Waals surface area contributed by atoms with Gasteiger partial charge in [-0.2, -0.15) is 0 Å². The molecule has 2 aromatic heterocycles. The maximum Gasteiger partial charge on any atom is 0.235 e. The van der Waals surface area contributed by atoms with Crippen LogP contribution >= 0.6 is 0 Å². The van der Waals surface area contributed by atoms with Gasteiger partial charge in [0.05, 0.1) is 22.5 Å². The van der Waals surface area contributed by atoms with Crippen LogP contribution in [0.25, 0.3) is 21.9 Å². The summed E-state index contributed by atoms with van der Waals surface area (Å²) in [6.45, 7) is 1.98. The molecule has 1 unspecified atom stereocenters. The number of fused-ring (bicyclic) bond motifs is 3. The van der Waals surface area contributed by atoms with Crippen molar-refractivity contribution in [3.63, 3.8) is 0 Å². The number of aromatic amines is 1. The molecule has 1 atom stereocenters. The van der Waals surface area contributed by atoms with Crippen molar-refractivity contribution in [3.8, 4) is 0 Å². The normalized spacial score (nSPS) is 19.4. The first-order chi connectivity index (χ1) is 10.1. The molecule has 2 N–H and O–H groups in total. The predicted molar refractivity (Wildman–Crippen MR) is 75.7 cm³/mol. The number of carbonyl (C=O) groups is 2. The average molecular weight is 283 g/mol. The summed E-state index contributed by atoms with van der Waals surface area (Å²) in [5, 5.41) is 7.09. The fourth-order valence-electron chi connectivity index (χ4n) is 3.05. The van der Waals surface area contributed by atoms with E-state index in [0.717, 1.165) is 21.9 Å². The summed E-state index contributed by atoms with van der Waals surface area (Å²) in [5.74, 6) is -0.900. The maximum atomic E-state index is 12.1. The summed E-state index contributed by atoms with van der Waals surface area (Å²) >= 11 is 0. The van der Waals surface area contributed by atoms with E-state index in [1.54, 1.807) is 6.20 Å². The molecule has 2 amide bonds. The van der Waals surface area contributed by atoms with Gasteiger partial charge in [0.25, 0.3) is 0 Å². The van der Waals surface area contributed by atoms with E-state index in [2.05, 4.69) is 15.5 Å². The van der Waals surface area contributed by atoms with Gasteiger partial charge in [-0.05, 0) is 31.0 Å². The number of hydrogen-bond donors (Lipinski definition) is 2. The van der Waals surface area contributed by atoms with E-state index >= 15 is 0 Å². The Morgan fingerprint density at radius 2 is 2.24 bits per heavy atom. The Bertz CT molecular complexity index is 890. The summed E-state index contributed by atoms with van der Waals surface area (Å²) in [5.41, 5.74) is 3.35. The number of carbonyl (C=O) groups excluding carboxylic acids is 2. The highest BCUT2D eigenvalue weighted by Crippen LogP contribution is 2.35. The van der Waals surface area contributed by atoms with Gasteiger partial charge in [0.2, 0.25) is 11.8 Å². The zero-order chi connectivity index (χ0) is 14.6. The smallest absolute Gasteiger partial charge is 0.235 e. The molecule has 4 rings (SSSR count). The molecular weight excluding hydrogens is 270 g/mol. The maximum absolute atomic E-state index is 12.1. The van der Waals surface area contributed by atoms with Gasteiger partial charge in [0, 0.05) is 18.0 Å². The predicted octanol–water partition coefficient (Wildman–Crippen LogP) is 2.14. The molecule has 1 fully saturated rings. The average Bonchev–Trinajstić information content (AvgIpc) is 3.05. The molecule has 0 aliphatic carbocycles. The lowest BCUT2D eigenvalue weighted by atomic mass is 9.91. The minimum absolute atomic E-state index is 0.222. The zero-order valence-corrected chi connectivity index (χ0v) is 11.4. The Kier molecular flexibility index (Phi) is 2.42. The van der Waals surface area contributed by atoms with Crippen molar-refractivity contribution in [2.75, 3.05) is 0 Å². The lowest BCUT2D eigenvalue weighted by Crippen LogP contribution is -2.39. The largest absolute Gasteiger partial charge is 0.382 e. The first kappa shape index (κ1) is 12.1. The number of aromatic nitrogens is 2. The number of nitrogens with zero attached hydrogens (tertiary/aromatic N) is 1. The standard InChI is InChI=1S/C15H13N3O3/c1-7-6-10-12(8-4-5-16-13(7)8)14(18-21-10)9-2-3-11(19)17-15(9)20/h4-6,9,18H,2-3H2,1H3,(H,17,19,20). The Morgan fingerprint density at radius 1 is 1.38 bits per heavy atom. The van der Waals surface area contributed by atoms with Gasteiger partial charge in [-0.3, -0.25) is 19.9 Å². The molecule has 21 heavy (non-hydrogen) atoms. The molecule has 0 spiro atoms. The van der Waals surface area contributed by atoms with Crippen LogP contribution in [0, 0.1) is 6.92 Å². The van der Waals surface area contributed by atoms with Crippen molar-refractivity contribution in [1.29, 1.82) is 0 Å². The molecule has 1 aliphatic heterocycles. The highest BCUT2D eigenvalue weighted by Gasteiger charge is 2.31. The molecular formula is C15H13N3O3. The molecule has 0 radical (unpaired) electrons. The number of aryl methyl sites for hydroxylation is 1. The van der Waals surface area contributed by atoms with E-state index < -0.39 is 5.92 Å².